The molecule has 6 heteroatoms. The molecular formula is C13H11N3O2S. The number of rotatable bonds is 3. The molecule has 1 aliphatic heterocycles. The molecule has 0 bridgehead atoms. The van der Waals surface area contributed by atoms with Gasteiger partial charge < -0.3 is 20.5 Å². The molecule has 0 aliphatic carbocycles. The van der Waals surface area contributed by atoms with Crippen LogP contribution in [-0.2, 0) is 0 Å². The highest BCUT2D eigenvalue weighted by atomic mass is 32.1. The van der Waals surface area contributed by atoms with Gasteiger partial charge in [0.1, 0.15) is 10.8 Å². The van der Waals surface area contributed by atoms with E-state index in [1.54, 1.807) is 6.20 Å². The molecule has 0 fully saturated rings. The van der Waals surface area contributed by atoms with Gasteiger partial charge in [-0.25, -0.2) is 4.98 Å². The Morgan fingerprint density at radius 1 is 1.21 bits per heavy atom. The van der Waals surface area contributed by atoms with Crippen LogP contribution in [0.4, 0.5) is 11.5 Å². The van der Waals surface area contributed by atoms with Crippen LogP contribution in [-0.4, -0.2) is 16.8 Å². The van der Waals surface area contributed by atoms with E-state index in [-0.39, 0.29) is 6.79 Å². The van der Waals surface area contributed by atoms with E-state index >= 15 is 0 Å². The fourth-order valence-corrected chi connectivity index (χ4v) is 1.86. The van der Waals surface area contributed by atoms with E-state index in [1.807, 2.05) is 30.3 Å². The Bertz CT molecular complexity index is 628. The van der Waals surface area contributed by atoms with Gasteiger partial charge in [0.2, 0.25) is 6.79 Å². The predicted octanol–water partition coefficient (Wildman–Crippen LogP) is 2.19. The van der Waals surface area contributed by atoms with Crippen LogP contribution in [0.15, 0.2) is 36.5 Å². The van der Waals surface area contributed by atoms with Crippen LogP contribution in [0.3, 0.4) is 0 Å². The first-order valence-electron chi connectivity index (χ1n) is 5.65. The third-order valence-electron chi connectivity index (χ3n) is 2.69. The van der Waals surface area contributed by atoms with E-state index in [4.69, 9.17) is 27.4 Å². The van der Waals surface area contributed by atoms with Gasteiger partial charge in [-0.1, -0.05) is 12.2 Å². The zero-order chi connectivity index (χ0) is 13.2. The van der Waals surface area contributed by atoms with Gasteiger partial charge in [-0.15, -0.1) is 0 Å². The van der Waals surface area contributed by atoms with Crippen LogP contribution in [0, 0.1) is 0 Å². The number of benzene rings is 1. The third-order valence-corrected chi connectivity index (χ3v) is 2.93. The highest BCUT2D eigenvalue weighted by molar-refractivity contribution is 7.80. The second-order valence-electron chi connectivity index (χ2n) is 3.99. The lowest BCUT2D eigenvalue weighted by Gasteiger charge is -2.07. The molecule has 0 amide bonds. The molecule has 1 aromatic heterocycles. The average Bonchev–Trinajstić information content (AvgIpc) is 2.87. The molecule has 0 saturated heterocycles. The molecule has 0 atom stereocenters. The van der Waals surface area contributed by atoms with Crippen molar-refractivity contribution in [2.45, 2.75) is 0 Å². The number of hydrogen-bond acceptors (Lipinski definition) is 5. The van der Waals surface area contributed by atoms with E-state index in [0.29, 0.717) is 10.8 Å². The molecule has 5 nitrogen and oxygen atoms in total. The van der Waals surface area contributed by atoms with Crippen LogP contribution in [0.2, 0.25) is 0 Å². The minimum atomic E-state index is 0.264. The number of thiocarbonyl (C=S) groups is 1. The van der Waals surface area contributed by atoms with Gasteiger partial charge in [0.25, 0.3) is 0 Å². The number of ether oxygens (including phenoxy) is 2. The maximum atomic E-state index is 5.52. The average molecular weight is 273 g/mol. The Hall–Kier alpha value is -2.34. The normalized spacial score (nSPS) is 12.2. The number of aromatic nitrogens is 1. The highest BCUT2D eigenvalue weighted by Crippen LogP contribution is 2.34. The molecule has 19 heavy (non-hydrogen) atoms. The van der Waals surface area contributed by atoms with Crippen LogP contribution in [0.5, 0.6) is 11.5 Å². The predicted molar refractivity (Wildman–Crippen MR) is 76.0 cm³/mol. The van der Waals surface area contributed by atoms with E-state index in [2.05, 4.69) is 10.3 Å². The summed E-state index contributed by atoms with van der Waals surface area (Å²) < 4.78 is 10.6. The molecule has 0 unspecified atom stereocenters. The second kappa shape index (κ2) is 4.74. The molecule has 0 radical (unpaired) electrons. The fraction of sp³-hybridized carbons (Fsp3) is 0.0769. The molecule has 2 aromatic rings. The van der Waals surface area contributed by atoms with Gasteiger partial charge in [0.05, 0.1) is 0 Å². The number of nitrogens with one attached hydrogen (secondary N) is 1. The fourth-order valence-electron chi connectivity index (χ4n) is 1.74. The lowest BCUT2D eigenvalue weighted by atomic mass is 10.2. The maximum absolute atomic E-state index is 5.52. The highest BCUT2D eigenvalue weighted by Gasteiger charge is 2.13. The molecule has 0 saturated carbocycles. The Kier molecular flexibility index (Phi) is 2.92. The van der Waals surface area contributed by atoms with Crippen molar-refractivity contribution in [3.8, 4) is 11.5 Å². The number of anilines is 2. The van der Waals surface area contributed by atoms with Crippen molar-refractivity contribution in [1.29, 1.82) is 0 Å². The Morgan fingerprint density at radius 2 is 2.05 bits per heavy atom. The summed E-state index contributed by atoms with van der Waals surface area (Å²) in [6.45, 7) is 0.264. The zero-order valence-electron chi connectivity index (χ0n) is 9.92. The van der Waals surface area contributed by atoms with Crippen molar-refractivity contribution >= 4 is 28.7 Å². The van der Waals surface area contributed by atoms with Crippen molar-refractivity contribution in [2.75, 3.05) is 12.1 Å². The van der Waals surface area contributed by atoms with Gasteiger partial charge in [0, 0.05) is 23.5 Å². The SMILES string of the molecule is NC(=S)c1ccc(Nc2ccc3c(c2)OCO3)nc1. The number of nitrogens with zero attached hydrogens (tertiary/aromatic N) is 1. The zero-order valence-corrected chi connectivity index (χ0v) is 10.7. The lowest BCUT2D eigenvalue weighted by Crippen LogP contribution is -2.09. The summed E-state index contributed by atoms with van der Waals surface area (Å²) in [7, 11) is 0. The standard InChI is InChI=1S/C13H11N3O2S/c14-13(19)8-1-4-12(15-6-8)16-9-2-3-10-11(5-9)18-7-17-10/h1-6H,7H2,(H2,14,19)(H,15,16). The summed E-state index contributed by atoms with van der Waals surface area (Å²) >= 11 is 4.88. The molecule has 3 N–H and O–H groups in total. The van der Waals surface area contributed by atoms with E-state index in [0.717, 1.165) is 22.7 Å². The lowest BCUT2D eigenvalue weighted by molar-refractivity contribution is 0.174. The first-order chi connectivity index (χ1) is 9.22. The van der Waals surface area contributed by atoms with Crippen molar-refractivity contribution < 1.29 is 9.47 Å². The molecule has 1 aliphatic rings. The quantitative estimate of drug-likeness (QED) is 0.835. The largest absolute Gasteiger partial charge is 0.454 e. The van der Waals surface area contributed by atoms with Crippen LogP contribution >= 0.6 is 12.2 Å². The summed E-state index contributed by atoms with van der Waals surface area (Å²) in [6.07, 6.45) is 1.64. The van der Waals surface area contributed by atoms with Crippen LogP contribution in [0.1, 0.15) is 5.56 Å². The van der Waals surface area contributed by atoms with Crippen molar-refractivity contribution in [2.24, 2.45) is 5.73 Å². The Balaban J connectivity index is 1.79. The topological polar surface area (TPSA) is 69.4 Å². The summed E-state index contributed by atoms with van der Waals surface area (Å²) in [5, 5.41) is 3.17. The van der Waals surface area contributed by atoms with Crippen LogP contribution < -0.4 is 20.5 Å². The van der Waals surface area contributed by atoms with Crippen molar-refractivity contribution in [3.63, 3.8) is 0 Å². The number of fused-ring (bicyclic) bond motifs is 1. The van der Waals surface area contributed by atoms with Crippen molar-refractivity contribution in [1.82, 2.24) is 4.98 Å². The number of nitrogens with two attached hydrogens (primary N) is 1. The minimum Gasteiger partial charge on any atom is -0.454 e. The summed E-state index contributed by atoms with van der Waals surface area (Å²) in [4.78, 5) is 4.57. The second-order valence-corrected chi connectivity index (χ2v) is 4.43. The molecular weight excluding hydrogens is 262 g/mol. The van der Waals surface area contributed by atoms with Gasteiger partial charge >= 0.3 is 0 Å². The van der Waals surface area contributed by atoms with Gasteiger partial charge in [0.15, 0.2) is 11.5 Å². The maximum Gasteiger partial charge on any atom is 0.231 e. The molecule has 96 valence electrons. The summed E-state index contributed by atoms with van der Waals surface area (Å²) in [5.74, 6) is 2.19. The minimum absolute atomic E-state index is 0.264. The van der Waals surface area contributed by atoms with Gasteiger partial charge in [-0.3, -0.25) is 0 Å². The molecule has 2 heterocycles. The molecule has 1 aromatic carbocycles. The Morgan fingerprint density at radius 3 is 2.79 bits per heavy atom. The van der Waals surface area contributed by atoms with E-state index in [9.17, 15) is 0 Å². The van der Waals surface area contributed by atoms with Crippen molar-refractivity contribution in [3.05, 3.63) is 42.1 Å². The van der Waals surface area contributed by atoms with E-state index < -0.39 is 0 Å². The summed E-state index contributed by atoms with van der Waals surface area (Å²) in [5.41, 5.74) is 7.14. The smallest absolute Gasteiger partial charge is 0.231 e. The van der Waals surface area contributed by atoms with Crippen LogP contribution in [0.25, 0.3) is 0 Å². The number of pyridine rings is 1. The van der Waals surface area contributed by atoms with Gasteiger partial charge in [-0.2, -0.15) is 0 Å². The Labute approximate surface area is 115 Å². The van der Waals surface area contributed by atoms with Gasteiger partial charge in [-0.05, 0) is 24.3 Å². The third kappa shape index (κ3) is 2.43. The number of hydrogen-bond donors (Lipinski definition) is 2. The molecule has 0 spiro atoms. The monoisotopic (exact) mass is 273 g/mol. The van der Waals surface area contributed by atoms with E-state index in [1.165, 1.54) is 0 Å². The first kappa shape index (κ1) is 11.7. The first-order valence-corrected chi connectivity index (χ1v) is 6.06. The molecule has 3 rings (SSSR count). The summed E-state index contributed by atoms with van der Waals surface area (Å²) in [6, 6.07) is 9.26.